The highest BCUT2D eigenvalue weighted by Crippen LogP contribution is 2.30. The number of nitrogens with zero attached hydrogens (tertiary/aromatic N) is 5. The molecule has 84 valence electrons. The van der Waals surface area contributed by atoms with Crippen molar-refractivity contribution in [2.24, 2.45) is 10.1 Å². The van der Waals surface area contributed by atoms with Crippen LogP contribution in [0, 0.1) is 29.6 Å². The fourth-order valence-electron chi connectivity index (χ4n) is 1.93. The van der Waals surface area contributed by atoms with Gasteiger partial charge in [-0.25, -0.2) is 9.67 Å². The number of nitriles is 2. The van der Waals surface area contributed by atoms with Crippen LogP contribution in [-0.4, -0.2) is 16.1 Å². The van der Waals surface area contributed by atoms with Crippen LogP contribution in [0.3, 0.4) is 0 Å². The molecule has 5 heteroatoms. The van der Waals surface area contributed by atoms with Crippen LogP contribution >= 0.6 is 0 Å². The summed E-state index contributed by atoms with van der Waals surface area (Å²) in [5.74, 6) is 0.468. The van der Waals surface area contributed by atoms with E-state index in [-0.39, 0.29) is 0 Å². The fraction of sp³-hybridized carbons (Fsp3) is 0.333. The molecule has 0 unspecified atom stereocenters. The van der Waals surface area contributed by atoms with Gasteiger partial charge < -0.3 is 0 Å². The van der Waals surface area contributed by atoms with Crippen molar-refractivity contribution < 1.29 is 0 Å². The van der Waals surface area contributed by atoms with Crippen molar-refractivity contribution in [2.45, 2.75) is 27.2 Å². The van der Waals surface area contributed by atoms with Gasteiger partial charge in [-0.15, -0.1) is 0 Å². The minimum absolute atomic E-state index is 0.308. The molecule has 1 aliphatic heterocycles. The maximum absolute atomic E-state index is 9.13. The van der Waals surface area contributed by atoms with Crippen LogP contribution in [0.15, 0.2) is 10.1 Å². The van der Waals surface area contributed by atoms with Crippen LogP contribution in [0.1, 0.15) is 37.1 Å². The third-order valence-electron chi connectivity index (χ3n) is 2.66. The average molecular weight is 225 g/mol. The Bertz CT molecular complexity index is 631. The maximum atomic E-state index is 9.13. The van der Waals surface area contributed by atoms with Crippen LogP contribution < -0.4 is 0 Å². The molecule has 1 aromatic heterocycles. The minimum atomic E-state index is 0.308. The second-order valence-corrected chi connectivity index (χ2v) is 4.05. The van der Waals surface area contributed by atoms with E-state index in [0.717, 1.165) is 11.4 Å². The average Bonchev–Trinajstić information content (AvgIpc) is 2.43. The highest BCUT2D eigenvalue weighted by molar-refractivity contribution is 6.04. The Hall–Kier alpha value is -2.40. The highest BCUT2D eigenvalue weighted by atomic mass is 15.4. The van der Waals surface area contributed by atoms with Gasteiger partial charge in [0.2, 0.25) is 0 Å². The second kappa shape index (κ2) is 3.88. The van der Waals surface area contributed by atoms with Gasteiger partial charge in [-0.1, -0.05) is 0 Å². The van der Waals surface area contributed by atoms with E-state index < -0.39 is 0 Å². The lowest BCUT2D eigenvalue weighted by atomic mass is 10.1. The Balaban J connectivity index is 2.87. The monoisotopic (exact) mass is 225 g/mol. The second-order valence-electron chi connectivity index (χ2n) is 4.05. The lowest BCUT2D eigenvalue weighted by Gasteiger charge is -1.99. The predicted octanol–water partition coefficient (Wildman–Crippen LogP) is 2.26. The fourth-order valence-corrected chi connectivity index (χ4v) is 1.93. The van der Waals surface area contributed by atoms with Crippen LogP contribution in [0.4, 0.5) is 5.82 Å². The summed E-state index contributed by atoms with van der Waals surface area (Å²) in [4.78, 5) is 4.38. The van der Waals surface area contributed by atoms with Gasteiger partial charge in [0, 0.05) is 17.8 Å². The van der Waals surface area contributed by atoms with Crippen LogP contribution in [-0.2, 0) is 0 Å². The molecule has 0 atom stereocenters. The highest BCUT2D eigenvalue weighted by Gasteiger charge is 2.21. The molecule has 0 bridgehead atoms. The van der Waals surface area contributed by atoms with E-state index in [0.29, 0.717) is 29.1 Å². The first-order valence-electron chi connectivity index (χ1n) is 5.22. The summed E-state index contributed by atoms with van der Waals surface area (Å²) in [5, 5.41) is 22.6. The Kier molecular flexibility index (Phi) is 2.53. The lowest BCUT2D eigenvalue weighted by Crippen LogP contribution is -2.00. The normalized spacial score (nSPS) is 13.9. The van der Waals surface area contributed by atoms with Gasteiger partial charge in [-0.2, -0.15) is 15.6 Å². The SMILES string of the molecule is CC1=Nc2c(C#N)c(C#N)c(C)n2N=C(C)C1. The molecule has 2 rings (SSSR count). The zero-order valence-electron chi connectivity index (χ0n) is 9.94. The molecule has 0 spiro atoms. The number of hydrogen-bond donors (Lipinski definition) is 0. The number of fused-ring (bicyclic) bond motifs is 1. The maximum Gasteiger partial charge on any atom is 0.172 e. The van der Waals surface area contributed by atoms with Gasteiger partial charge in [0.15, 0.2) is 5.82 Å². The zero-order valence-corrected chi connectivity index (χ0v) is 9.94. The van der Waals surface area contributed by atoms with E-state index in [1.54, 1.807) is 11.6 Å². The molecule has 0 aliphatic carbocycles. The summed E-state index contributed by atoms with van der Waals surface area (Å²) < 4.78 is 1.59. The summed E-state index contributed by atoms with van der Waals surface area (Å²) in [7, 11) is 0. The third kappa shape index (κ3) is 1.62. The van der Waals surface area contributed by atoms with Crippen molar-refractivity contribution in [2.75, 3.05) is 0 Å². The van der Waals surface area contributed by atoms with Crippen molar-refractivity contribution in [3.63, 3.8) is 0 Å². The van der Waals surface area contributed by atoms with Crippen LogP contribution in [0.2, 0.25) is 0 Å². The first-order valence-corrected chi connectivity index (χ1v) is 5.22. The first-order chi connectivity index (χ1) is 8.08. The standard InChI is InChI=1S/C12H11N5/c1-7-4-8(2)16-17-9(3)10(5-13)11(6-14)12(17)15-7/h4H2,1-3H3. The van der Waals surface area contributed by atoms with E-state index in [1.807, 2.05) is 26.0 Å². The molecule has 0 amide bonds. The Morgan fingerprint density at radius 1 is 1.06 bits per heavy atom. The molecule has 0 fully saturated rings. The summed E-state index contributed by atoms with van der Waals surface area (Å²) in [6, 6.07) is 4.08. The summed E-state index contributed by atoms with van der Waals surface area (Å²) in [5.41, 5.74) is 3.14. The van der Waals surface area contributed by atoms with Crippen molar-refractivity contribution >= 4 is 17.2 Å². The molecule has 0 radical (unpaired) electrons. The molecule has 5 nitrogen and oxygen atoms in total. The molecule has 0 saturated heterocycles. The summed E-state index contributed by atoms with van der Waals surface area (Å²) in [6.45, 7) is 5.58. The van der Waals surface area contributed by atoms with Crippen molar-refractivity contribution in [1.29, 1.82) is 10.5 Å². The molecule has 0 saturated carbocycles. The predicted molar refractivity (Wildman–Crippen MR) is 64.5 cm³/mol. The zero-order chi connectivity index (χ0) is 12.6. The molecule has 1 aromatic rings. The van der Waals surface area contributed by atoms with E-state index in [2.05, 4.69) is 10.1 Å². The van der Waals surface area contributed by atoms with Gasteiger partial charge in [0.25, 0.3) is 0 Å². The van der Waals surface area contributed by atoms with Gasteiger partial charge in [0.1, 0.15) is 17.7 Å². The number of aliphatic imine (C=N–C) groups is 1. The van der Waals surface area contributed by atoms with Crippen LogP contribution in [0.5, 0.6) is 0 Å². The molecule has 2 heterocycles. The van der Waals surface area contributed by atoms with Gasteiger partial charge in [-0.3, -0.25) is 0 Å². The van der Waals surface area contributed by atoms with Crippen molar-refractivity contribution in [3.8, 4) is 12.1 Å². The third-order valence-corrected chi connectivity index (χ3v) is 2.66. The number of aromatic nitrogens is 1. The number of hydrogen-bond acceptors (Lipinski definition) is 4. The molecule has 0 aromatic carbocycles. The van der Waals surface area contributed by atoms with E-state index in [1.165, 1.54) is 0 Å². The summed E-state index contributed by atoms with van der Waals surface area (Å²) in [6.07, 6.45) is 0.688. The van der Waals surface area contributed by atoms with E-state index in [4.69, 9.17) is 10.5 Å². The Morgan fingerprint density at radius 3 is 2.29 bits per heavy atom. The van der Waals surface area contributed by atoms with Crippen molar-refractivity contribution in [3.05, 3.63) is 16.8 Å². The largest absolute Gasteiger partial charge is 0.237 e. The first kappa shape index (κ1) is 11.1. The smallest absolute Gasteiger partial charge is 0.172 e. The van der Waals surface area contributed by atoms with Gasteiger partial charge in [-0.05, 0) is 20.8 Å². The van der Waals surface area contributed by atoms with Crippen molar-refractivity contribution in [1.82, 2.24) is 4.68 Å². The number of rotatable bonds is 0. The molecule has 0 N–H and O–H groups in total. The van der Waals surface area contributed by atoms with Crippen LogP contribution in [0.25, 0.3) is 0 Å². The molecule has 1 aliphatic rings. The lowest BCUT2D eigenvalue weighted by molar-refractivity contribution is 0.847. The Labute approximate surface area is 99.3 Å². The molecular weight excluding hydrogens is 214 g/mol. The van der Waals surface area contributed by atoms with E-state index in [9.17, 15) is 0 Å². The molecular formula is C12H11N5. The van der Waals surface area contributed by atoms with Gasteiger partial charge >= 0.3 is 0 Å². The Morgan fingerprint density at radius 2 is 1.71 bits per heavy atom. The van der Waals surface area contributed by atoms with Gasteiger partial charge in [0.05, 0.1) is 11.3 Å². The minimum Gasteiger partial charge on any atom is -0.237 e. The quantitative estimate of drug-likeness (QED) is 0.678. The summed E-state index contributed by atoms with van der Waals surface area (Å²) >= 11 is 0. The molecule has 17 heavy (non-hydrogen) atoms. The topological polar surface area (TPSA) is 77.2 Å². The van der Waals surface area contributed by atoms with E-state index >= 15 is 0 Å².